The van der Waals surface area contributed by atoms with Crippen LogP contribution in [0, 0.1) is 6.92 Å². The van der Waals surface area contributed by atoms with Gasteiger partial charge in [-0.15, -0.1) is 0 Å². The molecule has 0 atom stereocenters. The number of H-pyrrole nitrogens is 1. The minimum absolute atomic E-state index is 0.0123. The van der Waals surface area contributed by atoms with Crippen molar-refractivity contribution < 1.29 is 9.59 Å². The highest BCUT2D eigenvalue weighted by molar-refractivity contribution is 6.36. The molecule has 0 bridgehead atoms. The summed E-state index contributed by atoms with van der Waals surface area (Å²) in [5, 5.41) is 14.7. The molecule has 1 aliphatic carbocycles. The molecule has 2 aliphatic heterocycles. The van der Waals surface area contributed by atoms with E-state index in [1.165, 1.54) is 11.8 Å². The summed E-state index contributed by atoms with van der Waals surface area (Å²) in [6.07, 6.45) is 7.18. The van der Waals surface area contributed by atoms with Gasteiger partial charge >= 0.3 is 0 Å². The molecule has 10 heteroatoms. The van der Waals surface area contributed by atoms with Crippen LogP contribution in [0.4, 0.5) is 5.82 Å². The summed E-state index contributed by atoms with van der Waals surface area (Å²) in [7, 11) is 0. The van der Waals surface area contributed by atoms with Crippen molar-refractivity contribution >= 4 is 40.1 Å². The summed E-state index contributed by atoms with van der Waals surface area (Å²) in [5.41, 5.74) is 4.93. The Kier molecular flexibility index (Phi) is 6.68. The molecular formula is C30H38ClN7O2. The molecule has 1 aromatic carbocycles. The molecule has 212 valence electrons. The minimum Gasteiger partial charge on any atom is -0.346 e. The van der Waals surface area contributed by atoms with Crippen LogP contribution in [0.1, 0.15) is 69.7 Å². The Labute approximate surface area is 240 Å². The first-order chi connectivity index (χ1) is 19.1. The third-order valence-electron chi connectivity index (χ3n) is 8.91. The van der Waals surface area contributed by atoms with E-state index >= 15 is 0 Å². The molecule has 2 saturated heterocycles. The van der Waals surface area contributed by atoms with Crippen LogP contribution in [0.3, 0.4) is 0 Å². The van der Waals surface area contributed by atoms with Gasteiger partial charge in [-0.05, 0) is 64.2 Å². The number of halogens is 1. The summed E-state index contributed by atoms with van der Waals surface area (Å²) in [6.45, 7) is 15.0. The summed E-state index contributed by atoms with van der Waals surface area (Å²) in [4.78, 5) is 30.8. The number of rotatable bonds is 5. The van der Waals surface area contributed by atoms with E-state index in [4.69, 9.17) is 16.7 Å². The number of aryl methyl sites for hydroxylation is 1. The number of hydrogen-bond donors (Lipinski definition) is 1. The van der Waals surface area contributed by atoms with Gasteiger partial charge < -0.3 is 14.7 Å². The van der Waals surface area contributed by atoms with Crippen LogP contribution in [0.25, 0.3) is 22.0 Å². The maximum absolute atomic E-state index is 12.3. The zero-order valence-electron chi connectivity index (χ0n) is 23.8. The van der Waals surface area contributed by atoms with Crippen molar-refractivity contribution in [3.8, 4) is 11.1 Å². The Morgan fingerprint density at radius 1 is 1.10 bits per heavy atom. The number of nitrogens with zero attached hydrogens (tertiary/aromatic N) is 6. The zero-order valence-corrected chi connectivity index (χ0v) is 24.6. The first kappa shape index (κ1) is 26.9. The average Bonchev–Trinajstić information content (AvgIpc) is 3.55. The van der Waals surface area contributed by atoms with Crippen molar-refractivity contribution in [2.24, 2.45) is 0 Å². The second-order valence-electron chi connectivity index (χ2n) is 12.2. The van der Waals surface area contributed by atoms with E-state index in [0.29, 0.717) is 38.6 Å². The van der Waals surface area contributed by atoms with E-state index in [1.807, 2.05) is 22.9 Å². The van der Waals surface area contributed by atoms with E-state index in [-0.39, 0.29) is 23.4 Å². The normalized spacial score (nSPS) is 19.9. The summed E-state index contributed by atoms with van der Waals surface area (Å²) in [5.74, 6) is 1.42. The second kappa shape index (κ2) is 9.94. The molecule has 4 heterocycles. The predicted octanol–water partition coefficient (Wildman–Crippen LogP) is 5.06. The maximum atomic E-state index is 12.3. The summed E-state index contributed by atoms with van der Waals surface area (Å²) in [6, 6.07) is 2.23. The first-order valence-electron chi connectivity index (χ1n) is 14.3. The van der Waals surface area contributed by atoms with Gasteiger partial charge in [0.2, 0.25) is 11.8 Å². The number of fused-ring (bicyclic) bond motifs is 1. The lowest BCUT2D eigenvalue weighted by Gasteiger charge is -2.47. The number of carbonyl (C=O) groups excluding carboxylic acids is 2. The van der Waals surface area contributed by atoms with Crippen molar-refractivity contribution in [2.45, 2.75) is 70.9 Å². The predicted molar refractivity (Wildman–Crippen MR) is 158 cm³/mol. The molecule has 1 N–H and O–H groups in total. The lowest BCUT2D eigenvalue weighted by Crippen LogP contribution is -2.60. The Bertz CT molecular complexity index is 1490. The molecule has 3 aromatic rings. The number of amides is 2. The number of hydrogen-bond acceptors (Lipinski definition) is 5. The van der Waals surface area contributed by atoms with Crippen molar-refractivity contribution in [1.82, 2.24) is 29.8 Å². The third-order valence-corrected chi connectivity index (χ3v) is 9.39. The molecule has 3 fully saturated rings. The van der Waals surface area contributed by atoms with Gasteiger partial charge in [0.25, 0.3) is 0 Å². The van der Waals surface area contributed by atoms with E-state index in [9.17, 15) is 9.59 Å². The number of likely N-dealkylation sites (tertiary alicyclic amines) is 1. The number of benzene rings is 1. The molecule has 1 saturated carbocycles. The van der Waals surface area contributed by atoms with Crippen LogP contribution < -0.4 is 4.90 Å². The number of piperazine rings is 1. The fourth-order valence-corrected chi connectivity index (χ4v) is 6.86. The highest BCUT2D eigenvalue weighted by Gasteiger charge is 2.43. The highest BCUT2D eigenvalue weighted by Crippen LogP contribution is 2.53. The van der Waals surface area contributed by atoms with E-state index in [0.717, 1.165) is 64.1 Å². The highest BCUT2D eigenvalue weighted by atomic mass is 35.5. The van der Waals surface area contributed by atoms with Gasteiger partial charge in [0, 0.05) is 62.1 Å². The number of aromatic nitrogens is 4. The van der Waals surface area contributed by atoms with Gasteiger partial charge in [-0.1, -0.05) is 18.2 Å². The lowest BCUT2D eigenvalue weighted by atomic mass is 9.93. The molecular weight excluding hydrogens is 526 g/mol. The molecule has 3 aliphatic rings. The van der Waals surface area contributed by atoms with Crippen LogP contribution >= 0.6 is 11.6 Å². The third kappa shape index (κ3) is 4.48. The lowest BCUT2D eigenvalue weighted by molar-refractivity contribution is -0.130. The van der Waals surface area contributed by atoms with E-state index in [2.05, 4.69) is 46.3 Å². The number of anilines is 1. The Morgan fingerprint density at radius 3 is 2.45 bits per heavy atom. The quantitative estimate of drug-likeness (QED) is 0.438. The monoisotopic (exact) mass is 563 g/mol. The fraction of sp³-hybridized carbons (Fsp3) is 0.533. The van der Waals surface area contributed by atoms with Crippen molar-refractivity contribution in [1.29, 1.82) is 0 Å². The fourth-order valence-electron chi connectivity index (χ4n) is 6.61. The topological polar surface area (TPSA) is 90.4 Å². The molecule has 9 nitrogen and oxygen atoms in total. The molecule has 40 heavy (non-hydrogen) atoms. The van der Waals surface area contributed by atoms with E-state index < -0.39 is 0 Å². The minimum atomic E-state index is -0.329. The molecule has 0 radical (unpaired) electrons. The van der Waals surface area contributed by atoms with Gasteiger partial charge in [-0.25, -0.2) is 0 Å². The van der Waals surface area contributed by atoms with Crippen LogP contribution in [-0.2, 0) is 9.59 Å². The van der Waals surface area contributed by atoms with Gasteiger partial charge in [0.1, 0.15) is 0 Å². The van der Waals surface area contributed by atoms with Crippen LogP contribution in [-0.4, -0.2) is 79.9 Å². The zero-order chi connectivity index (χ0) is 28.3. The summed E-state index contributed by atoms with van der Waals surface area (Å²) >= 11 is 7.17. The van der Waals surface area contributed by atoms with E-state index in [1.54, 1.807) is 6.92 Å². The molecule has 0 unspecified atom stereocenters. The SMILES string of the molecule is C=CC(=O)N1CCC(n2nc(N3CCN(C(C)=O)CC3(C)C)c(-c3c(Cl)c(C)cc4[nH]ncc34)c2C2CC2)CC1. The Hall–Kier alpha value is -3.33. The molecule has 6 rings (SSSR count). The Morgan fingerprint density at radius 2 is 1.82 bits per heavy atom. The first-order valence-corrected chi connectivity index (χ1v) is 14.7. The van der Waals surface area contributed by atoms with Crippen LogP contribution in [0.15, 0.2) is 24.9 Å². The van der Waals surface area contributed by atoms with Crippen molar-refractivity contribution in [3.05, 3.63) is 41.2 Å². The molecule has 0 spiro atoms. The number of piperidine rings is 1. The average molecular weight is 564 g/mol. The number of carbonyl (C=O) groups is 2. The van der Waals surface area contributed by atoms with Crippen molar-refractivity contribution in [3.63, 3.8) is 0 Å². The van der Waals surface area contributed by atoms with Crippen LogP contribution in [0.5, 0.6) is 0 Å². The number of aromatic amines is 1. The molecule has 2 amide bonds. The van der Waals surface area contributed by atoms with Gasteiger partial charge in [0.15, 0.2) is 5.82 Å². The second-order valence-corrected chi connectivity index (χ2v) is 12.6. The Balaban J connectivity index is 1.54. The maximum Gasteiger partial charge on any atom is 0.245 e. The largest absolute Gasteiger partial charge is 0.346 e. The van der Waals surface area contributed by atoms with Crippen molar-refractivity contribution in [2.75, 3.05) is 37.6 Å². The van der Waals surface area contributed by atoms with Gasteiger partial charge in [-0.2, -0.15) is 10.2 Å². The number of nitrogens with one attached hydrogen (secondary N) is 1. The smallest absolute Gasteiger partial charge is 0.245 e. The van der Waals surface area contributed by atoms with Gasteiger partial charge in [0.05, 0.1) is 34.0 Å². The van der Waals surface area contributed by atoms with Gasteiger partial charge in [-0.3, -0.25) is 19.4 Å². The summed E-state index contributed by atoms with van der Waals surface area (Å²) < 4.78 is 2.27. The van der Waals surface area contributed by atoms with Crippen LogP contribution in [0.2, 0.25) is 5.02 Å². The molecule has 2 aromatic heterocycles. The standard InChI is InChI=1S/C30H38ClN7O2/c1-6-24(40)35-11-9-21(10-12-35)38-28(20-7-8-20)26(25-22-16-32-33-23(22)15-18(2)27(25)31)29(34-38)37-14-13-36(19(3)39)17-30(37,4)5/h6,15-16,20-21H,1,7-14,17H2,2-5H3,(H,32,33).